The number of anilines is 2. The second kappa shape index (κ2) is 10.3. The van der Waals surface area contributed by atoms with Crippen LogP contribution in [0.3, 0.4) is 0 Å². The van der Waals surface area contributed by atoms with Gasteiger partial charge < -0.3 is 29.8 Å². The highest BCUT2D eigenvalue weighted by molar-refractivity contribution is 6.11. The number of nitrogens with zero attached hydrogens (tertiary/aromatic N) is 1. The van der Waals surface area contributed by atoms with Gasteiger partial charge in [0.2, 0.25) is 5.75 Å². The molecule has 0 radical (unpaired) electrons. The molecule has 0 unspecified atom stereocenters. The smallest absolute Gasteiger partial charge is 0.274 e. The molecule has 10 heteroatoms. The number of aromatic nitrogens is 2. The molecule has 0 fully saturated rings. The predicted octanol–water partition coefficient (Wildman–Crippen LogP) is 3.53. The Kier molecular flexibility index (Phi) is 7.29. The average Bonchev–Trinajstić information content (AvgIpc) is 3.33. The third kappa shape index (κ3) is 4.95. The molecule has 10 nitrogen and oxygen atoms in total. The molecule has 0 spiro atoms. The third-order valence-corrected chi connectivity index (χ3v) is 4.80. The van der Waals surface area contributed by atoms with Crippen LogP contribution in [0.15, 0.2) is 42.7 Å². The summed E-state index contributed by atoms with van der Waals surface area (Å²) in [7, 11) is 4.39. The van der Waals surface area contributed by atoms with E-state index in [2.05, 4.69) is 20.6 Å². The monoisotopic (exact) mass is 452 g/mol. The molecule has 3 aromatic rings. The first-order chi connectivity index (χ1) is 15.9. The molecule has 0 saturated carbocycles. The highest BCUT2D eigenvalue weighted by Gasteiger charge is 2.21. The predicted molar refractivity (Wildman–Crippen MR) is 122 cm³/mol. The SMILES string of the molecule is CCC(=O)c1nc[nH]c1C(=O)Nc1ccc(NC(=O)c2ccc(OC)c(OC)c2OC)cc1. The number of aromatic amines is 1. The molecule has 2 amide bonds. The van der Waals surface area contributed by atoms with Crippen molar-refractivity contribution in [3.8, 4) is 17.2 Å². The molecule has 1 heterocycles. The number of carbonyl (C=O) groups is 3. The lowest BCUT2D eigenvalue weighted by atomic mass is 10.1. The van der Waals surface area contributed by atoms with Crippen molar-refractivity contribution in [3.05, 3.63) is 59.7 Å². The number of hydrogen-bond donors (Lipinski definition) is 3. The molecule has 0 saturated heterocycles. The topological polar surface area (TPSA) is 132 Å². The zero-order valence-electron chi connectivity index (χ0n) is 18.6. The summed E-state index contributed by atoms with van der Waals surface area (Å²) < 4.78 is 15.9. The maximum absolute atomic E-state index is 12.8. The normalized spacial score (nSPS) is 10.3. The Morgan fingerprint density at radius 2 is 1.45 bits per heavy atom. The average molecular weight is 452 g/mol. The highest BCUT2D eigenvalue weighted by atomic mass is 16.5. The summed E-state index contributed by atoms with van der Waals surface area (Å²) in [4.78, 5) is 43.8. The van der Waals surface area contributed by atoms with Gasteiger partial charge in [-0.1, -0.05) is 6.92 Å². The second-order valence-electron chi connectivity index (χ2n) is 6.77. The summed E-state index contributed by atoms with van der Waals surface area (Å²) >= 11 is 0. The maximum Gasteiger partial charge on any atom is 0.274 e. The van der Waals surface area contributed by atoms with Crippen molar-refractivity contribution in [3.63, 3.8) is 0 Å². The van der Waals surface area contributed by atoms with Crippen molar-refractivity contribution < 1.29 is 28.6 Å². The Balaban J connectivity index is 1.73. The van der Waals surface area contributed by atoms with Crippen LogP contribution >= 0.6 is 0 Å². The van der Waals surface area contributed by atoms with Crippen LogP contribution in [0.2, 0.25) is 0 Å². The number of ether oxygens (including phenoxy) is 3. The van der Waals surface area contributed by atoms with E-state index in [9.17, 15) is 14.4 Å². The summed E-state index contributed by atoms with van der Waals surface area (Å²) in [6.45, 7) is 1.70. The van der Waals surface area contributed by atoms with Crippen molar-refractivity contribution in [1.29, 1.82) is 0 Å². The van der Waals surface area contributed by atoms with Crippen LogP contribution in [0.25, 0.3) is 0 Å². The van der Waals surface area contributed by atoms with Crippen LogP contribution in [-0.2, 0) is 0 Å². The molecule has 0 atom stereocenters. The van der Waals surface area contributed by atoms with Gasteiger partial charge in [0.05, 0.1) is 33.2 Å². The first-order valence-corrected chi connectivity index (χ1v) is 10.0. The second-order valence-corrected chi connectivity index (χ2v) is 6.77. The minimum Gasteiger partial charge on any atom is -0.493 e. The molecule has 3 N–H and O–H groups in total. The van der Waals surface area contributed by atoms with E-state index in [1.165, 1.54) is 27.7 Å². The van der Waals surface area contributed by atoms with Gasteiger partial charge in [0.1, 0.15) is 11.4 Å². The van der Waals surface area contributed by atoms with E-state index in [-0.39, 0.29) is 34.9 Å². The summed E-state index contributed by atoms with van der Waals surface area (Å²) in [5.74, 6) is -0.140. The van der Waals surface area contributed by atoms with Crippen LogP contribution in [0, 0.1) is 0 Å². The lowest BCUT2D eigenvalue weighted by molar-refractivity contribution is 0.0963. The number of Topliss-reactive ketones (excluding diaryl/α,β-unsaturated/α-hetero) is 1. The summed E-state index contributed by atoms with van der Waals surface area (Å²) in [5, 5.41) is 5.47. The molecule has 0 aliphatic heterocycles. The Morgan fingerprint density at radius 1 is 0.848 bits per heavy atom. The fourth-order valence-corrected chi connectivity index (χ4v) is 3.16. The Hall–Kier alpha value is -4.34. The minimum absolute atomic E-state index is 0.0970. The first kappa shape index (κ1) is 23.3. The number of amides is 2. The van der Waals surface area contributed by atoms with E-state index in [1.54, 1.807) is 43.3 Å². The lowest BCUT2D eigenvalue weighted by Crippen LogP contribution is -2.17. The van der Waals surface area contributed by atoms with Crippen LogP contribution in [0.1, 0.15) is 44.7 Å². The Bertz CT molecular complexity index is 1170. The zero-order valence-corrected chi connectivity index (χ0v) is 18.6. The van der Waals surface area contributed by atoms with E-state index in [4.69, 9.17) is 14.2 Å². The minimum atomic E-state index is -0.490. The number of hydrogen-bond acceptors (Lipinski definition) is 7. The third-order valence-electron chi connectivity index (χ3n) is 4.80. The standard InChI is InChI=1S/C23H24N4O6/c1-5-16(28)18-19(25-12-24-18)23(30)27-14-8-6-13(7-9-14)26-22(29)15-10-11-17(31-2)21(33-4)20(15)32-3/h6-12H,5H2,1-4H3,(H,24,25)(H,26,29)(H,27,30). The van der Waals surface area contributed by atoms with E-state index in [1.807, 2.05) is 0 Å². The van der Waals surface area contributed by atoms with Gasteiger partial charge in [-0.2, -0.15) is 0 Å². The fourth-order valence-electron chi connectivity index (χ4n) is 3.16. The van der Waals surface area contributed by atoms with Crippen LogP contribution < -0.4 is 24.8 Å². The van der Waals surface area contributed by atoms with Crippen molar-refractivity contribution in [1.82, 2.24) is 9.97 Å². The summed E-state index contributed by atoms with van der Waals surface area (Å²) in [6.07, 6.45) is 1.54. The molecule has 0 aliphatic carbocycles. The molecule has 0 aliphatic rings. The largest absolute Gasteiger partial charge is 0.493 e. The van der Waals surface area contributed by atoms with E-state index in [0.717, 1.165) is 0 Å². The quantitative estimate of drug-likeness (QED) is 0.423. The van der Waals surface area contributed by atoms with Gasteiger partial charge in [-0.15, -0.1) is 0 Å². The van der Waals surface area contributed by atoms with Crippen LogP contribution in [-0.4, -0.2) is 48.9 Å². The molecule has 172 valence electrons. The number of nitrogens with one attached hydrogen (secondary N) is 3. The summed E-state index contributed by atoms with van der Waals surface area (Å²) in [5.41, 5.74) is 1.44. The van der Waals surface area contributed by atoms with Gasteiger partial charge in [0.25, 0.3) is 11.8 Å². The number of rotatable bonds is 9. The number of benzene rings is 2. The van der Waals surface area contributed by atoms with E-state index < -0.39 is 11.8 Å². The molecule has 1 aromatic heterocycles. The van der Waals surface area contributed by atoms with Crippen molar-refractivity contribution >= 4 is 29.0 Å². The molecule has 3 rings (SSSR count). The first-order valence-electron chi connectivity index (χ1n) is 10.0. The van der Waals surface area contributed by atoms with Crippen molar-refractivity contribution in [2.45, 2.75) is 13.3 Å². The molecule has 33 heavy (non-hydrogen) atoms. The van der Waals surface area contributed by atoms with Crippen LogP contribution in [0.4, 0.5) is 11.4 Å². The molecular weight excluding hydrogens is 428 g/mol. The number of ketones is 1. The van der Waals surface area contributed by atoms with Gasteiger partial charge >= 0.3 is 0 Å². The Morgan fingerprint density at radius 3 is 2.00 bits per heavy atom. The van der Waals surface area contributed by atoms with Gasteiger partial charge in [-0.3, -0.25) is 14.4 Å². The fraction of sp³-hybridized carbons (Fsp3) is 0.217. The molecule has 0 bridgehead atoms. The number of imidazole rings is 1. The molecular formula is C23H24N4O6. The van der Waals surface area contributed by atoms with Gasteiger partial charge in [0, 0.05) is 17.8 Å². The maximum atomic E-state index is 12.8. The number of carbonyl (C=O) groups excluding carboxylic acids is 3. The van der Waals surface area contributed by atoms with Gasteiger partial charge in [-0.05, 0) is 36.4 Å². The van der Waals surface area contributed by atoms with Crippen molar-refractivity contribution in [2.75, 3.05) is 32.0 Å². The zero-order chi connectivity index (χ0) is 24.0. The van der Waals surface area contributed by atoms with Crippen LogP contribution in [0.5, 0.6) is 17.2 Å². The number of H-pyrrole nitrogens is 1. The number of methoxy groups -OCH3 is 3. The summed E-state index contributed by atoms with van der Waals surface area (Å²) in [6, 6.07) is 9.69. The van der Waals surface area contributed by atoms with E-state index >= 15 is 0 Å². The lowest BCUT2D eigenvalue weighted by Gasteiger charge is -2.15. The highest BCUT2D eigenvalue weighted by Crippen LogP contribution is 2.39. The van der Waals surface area contributed by atoms with Crippen molar-refractivity contribution in [2.24, 2.45) is 0 Å². The van der Waals surface area contributed by atoms with Gasteiger partial charge in [0.15, 0.2) is 17.3 Å². The van der Waals surface area contributed by atoms with E-state index in [0.29, 0.717) is 22.9 Å². The van der Waals surface area contributed by atoms with Gasteiger partial charge in [-0.25, -0.2) is 4.98 Å². The Labute approximate surface area is 190 Å². The molecule has 2 aromatic carbocycles.